The van der Waals surface area contributed by atoms with Crippen molar-refractivity contribution in [2.45, 2.75) is 0 Å². The number of nitrogens with zero attached hydrogens (tertiary/aromatic N) is 1. The molecule has 5 aromatic rings. The fraction of sp³-hybridized carbons (Fsp3) is 0. The third-order valence-electron chi connectivity index (χ3n) is 6.34. The van der Waals surface area contributed by atoms with Crippen molar-refractivity contribution in [3.8, 4) is 22.3 Å². The Morgan fingerprint density at radius 1 is 0.406 bits per heavy atom. The van der Waals surface area contributed by atoms with Gasteiger partial charge in [-0.3, -0.25) is 0 Å². The van der Waals surface area contributed by atoms with Crippen LogP contribution in [-0.2, 0) is 0 Å². The Hall–Kier alpha value is -4.04. The first kappa shape index (κ1) is 18.7. The van der Waals surface area contributed by atoms with Crippen molar-refractivity contribution in [2.75, 3.05) is 4.81 Å². The number of hydrogen-bond acceptors (Lipinski definition) is 1. The number of anilines is 2. The zero-order valence-electron chi connectivity index (χ0n) is 17.7. The second-order valence-corrected chi connectivity index (χ2v) is 8.17. The smallest absolute Gasteiger partial charge is 0.329 e. The van der Waals surface area contributed by atoms with Crippen molar-refractivity contribution in [3.63, 3.8) is 0 Å². The predicted octanol–water partition coefficient (Wildman–Crippen LogP) is 6.28. The summed E-state index contributed by atoms with van der Waals surface area (Å²) in [6.45, 7) is 0.0694. The van der Waals surface area contributed by atoms with Gasteiger partial charge in [0.15, 0.2) is 0 Å². The molecule has 150 valence electrons. The molecule has 0 bridgehead atoms. The van der Waals surface area contributed by atoms with E-state index in [1.165, 1.54) is 44.6 Å². The zero-order valence-corrected chi connectivity index (χ0v) is 17.7. The fourth-order valence-electron chi connectivity index (χ4n) is 4.97. The van der Waals surface area contributed by atoms with Crippen LogP contribution in [0.4, 0.5) is 11.4 Å². The zero-order chi connectivity index (χ0) is 21.3. The van der Waals surface area contributed by atoms with Gasteiger partial charge in [0.05, 0.1) is 0 Å². The van der Waals surface area contributed by atoms with Gasteiger partial charge in [0.1, 0.15) is 0 Å². The van der Waals surface area contributed by atoms with Crippen molar-refractivity contribution in [3.05, 3.63) is 133 Å². The van der Waals surface area contributed by atoms with Crippen LogP contribution in [-0.4, -0.2) is 6.85 Å². The number of benzene rings is 5. The van der Waals surface area contributed by atoms with Crippen LogP contribution in [0.5, 0.6) is 0 Å². The van der Waals surface area contributed by atoms with Gasteiger partial charge in [-0.25, -0.2) is 0 Å². The normalized spacial score (nSPS) is 12.2. The number of fused-ring (bicyclic) bond motifs is 3. The van der Waals surface area contributed by atoms with E-state index in [1.54, 1.807) is 0 Å². The maximum Gasteiger partial charge on any atom is 0.329 e. The van der Waals surface area contributed by atoms with Gasteiger partial charge in [-0.15, -0.1) is 0 Å². The van der Waals surface area contributed by atoms with Gasteiger partial charge in [-0.05, 0) is 45.8 Å². The molecule has 6 rings (SSSR count). The molecular weight excluding hydrogens is 385 g/mol. The van der Waals surface area contributed by atoms with Gasteiger partial charge in [0.2, 0.25) is 0 Å². The molecule has 0 aromatic heterocycles. The minimum Gasteiger partial charge on any atom is -0.376 e. The molecule has 0 unspecified atom stereocenters. The summed E-state index contributed by atoms with van der Waals surface area (Å²) < 4.78 is 0. The Balaban J connectivity index is 1.67. The van der Waals surface area contributed by atoms with E-state index >= 15 is 0 Å². The van der Waals surface area contributed by atoms with Gasteiger partial charge < -0.3 is 4.81 Å². The number of rotatable bonds is 3. The van der Waals surface area contributed by atoms with Gasteiger partial charge in [0, 0.05) is 16.9 Å². The highest BCUT2D eigenvalue weighted by Crippen LogP contribution is 2.39. The van der Waals surface area contributed by atoms with Gasteiger partial charge in [-0.2, -0.15) is 0 Å². The lowest BCUT2D eigenvalue weighted by molar-refractivity contribution is 1.36. The van der Waals surface area contributed by atoms with Crippen molar-refractivity contribution < 1.29 is 0 Å². The standard InChI is InChI=1S/C30H22BN/c1-3-13-23(14-4-1)25-17-7-10-20-28(25)31-29-21-11-8-18-26(29)27-19-9-12-22-30(27)32(31)24-15-5-2-6-16-24/h1-22H. The molecule has 2 heteroatoms. The van der Waals surface area contributed by atoms with Crippen LogP contribution in [0.25, 0.3) is 22.3 Å². The third-order valence-corrected chi connectivity index (χ3v) is 6.34. The summed E-state index contributed by atoms with van der Waals surface area (Å²) in [5.41, 5.74) is 10.2. The largest absolute Gasteiger partial charge is 0.376 e. The molecule has 0 N–H and O–H groups in total. The lowest BCUT2D eigenvalue weighted by Crippen LogP contribution is -2.57. The highest BCUT2D eigenvalue weighted by atomic mass is 15.1. The minimum absolute atomic E-state index is 0.0694. The summed E-state index contributed by atoms with van der Waals surface area (Å²) in [7, 11) is 0. The molecule has 0 saturated carbocycles. The fourth-order valence-corrected chi connectivity index (χ4v) is 4.97. The van der Waals surface area contributed by atoms with Crippen LogP contribution in [0.15, 0.2) is 133 Å². The summed E-state index contributed by atoms with van der Waals surface area (Å²) in [6, 6.07) is 47.9. The molecule has 1 aliphatic heterocycles. The summed E-state index contributed by atoms with van der Waals surface area (Å²) in [5, 5.41) is 0. The van der Waals surface area contributed by atoms with E-state index in [2.05, 4.69) is 138 Å². The molecule has 0 radical (unpaired) electrons. The average molecular weight is 407 g/mol. The van der Waals surface area contributed by atoms with Crippen molar-refractivity contribution in [2.24, 2.45) is 0 Å². The molecule has 0 atom stereocenters. The van der Waals surface area contributed by atoms with Crippen LogP contribution < -0.4 is 15.7 Å². The molecule has 1 aliphatic rings. The summed E-state index contributed by atoms with van der Waals surface area (Å²) in [5.74, 6) is 0. The predicted molar refractivity (Wildman–Crippen MR) is 137 cm³/mol. The first-order valence-electron chi connectivity index (χ1n) is 11.1. The van der Waals surface area contributed by atoms with E-state index in [0.29, 0.717) is 0 Å². The van der Waals surface area contributed by atoms with E-state index in [1.807, 2.05) is 0 Å². The molecule has 0 aliphatic carbocycles. The highest BCUT2D eigenvalue weighted by Gasteiger charge is 2.37. The average Bonchev–Trinajstić information content (AvgIpc) is 2.89. The van der Waals surface area contributed by atoms with Crippen LogP contribution in [0.1, 0.15) is 0 Å². The van der Waals surface area contributed by atoms with Crippen molar-refractivity contribution in [1.29, 1.82) is 0 Å². The second-order valence-electron chi connectivity index (χ2n) is 8.17. The van der Waals surface area contributed by atoms with Crippen LogP contribution in [0.3, 0.4) is 0 Å². The summed E-state index contributed by atoms with van der Waals surface area (Å²) in [4.78, 5) is 2.50. The van der Waals surface area contributed by atoms with Crippen LogP contribution in [0, 0.1) is 0 Å². The van der Waals surface area contributed by atoms with E-state index in [4.69, 9.17) is 0 Å². The van der Waals surface area contributed by atoms with Crippen molar-refractivity contribution >= 4 is 29.1 Å². The first-order valence-corrected chi connectivity index (χ1v) is 11.1. The number of hydrogen-bond donors (Lipinski definition) is 0. The highest BCUT2D eigenvalue weighted by molar-refractivity contribution is 6.91. The Kier molecular flexibility index (Phi) is 4.62. The van der Waals surface area contributed by atoms with E-state index in [0.717, 1.165) is 0 Å². The molecule has 0 spiro atoms. The van der Waals surface area contributed by atoms with Crippen LogP contribution in [0.2, 0.25) is 0 Å². The molecule has 0 amide bonds. The summed E-state index contributed by atoms with van der Waals surface area (Å²) >= 11 is 0. The van der Waals surface area contributed by atoms with Crippen LogP contribution >= 0.6 is 0 Å². The lowest BCUT2D eigenvalue weighted by Gasteiger charge is -2.39. The van der Waals surface area contributed by atoms with Gasteiger partial charge in [-0.1, -0.05) is 115 Å². The molecular formula is C30H22BN. The SMILES string of the molecule is c1ccc(-c2ccccc2B2c3ccccc3-c3ccccc3N2c2ccccc2)cc1. The Bertz CT molecular complexity index is 1380. The summed E-state index contributed by atoms with van der Waals surface area (Å²) in [6.07, 6.45) is 0. The minimum atomic E-state index is 0.0694. The van der Waals surface area contributed by atoms with Crippen molar-refractivity contribution in [1.82, 2.24) is 0 Å². The van der Waals surface area contributed by atoms with Gasteiger partial charge in [0.25, 0.3) is 0 Å². The molecule has 1 heterocycles. The van der Waals surface area contributed by atoms with E-state index < -0.39 is 0 Å². The molecule has 0 saturated heterocycles. The van der Waals surface area contributed by atoms with E-state index in [9.17, 15) is 0 Å². The maximum absolute atomic E-state index is 2.50. The Labute approximate surface area is 189 Å². The molecule has 1 nitrogen and oxygen atoms in total. The Morgan fingerprint density at radius 3 is 1.62 bits per heavy atom. The second kappa shape index (κ2) is 7.90. The Morgan fingerprint density at radius 2 is 0.906 bits per heavy atom. The lowest BCUT2D eigenvalue weighted by atomic mass is 9.44. The van der Waals surface area contributed by atoms with E-state index in [-0.39, 0.29) is 6.85 Å². The first-order chi connectivity index (χ1) is 15.9. The molecule has 5 aromatic carbocycles. The third kappa shape index (κ3) is 3.04. The monoisotopic (exact) mass is 407 g/mol. The topological polar surface area (TPSA) is 3.24 Å². The maximum atomic E-state index is 2.50. The van der Waals surface area contributed by atoms with Gasteiger partial charge >= 0.3 is 6.85 Å². The molecule has 32 heavy (non-hydrogen) atoms. The quantitative estimate of drug-likeness (QED) is 0.318. The molecule has 0 fully saturated rings. The number of para-hydroxylation sites is 2.